The Labute approximate surface area is 256 Å². The third kappa shape index (κ3) is 4.08. The molecular formula is C39H32N4O. The molecule has 0 amide bonds. The highest BCUT2D eigenvalue weighted by Gasteiger charge is 2.16. The van der Waals surface area contributed by atoms with Crippen molar-refractivity contribution in [3.63, 3.8) is 0 Å². The zero-order chi connectivity index (χ0) is 29.8. The van der Waals surface area contributed by atoms with Gasteiger partial charge in [-0.2, -0.15) is 0 Å². The highest BCUT2D eigenvalue weighted by molar-refractivity contribution is 6.10. The molecule has 0 spiro atoms. The molecule has 8 aromatic rings. The van der Waals surface area contributed by atoms with Gasteiger partial charge in [-0.15, -0.1) is 0 Å². The van der Waals surface area contributed by atoms with E-state index in [-0.39, 0.29) is 0 Å². The minimum Gasteiger partial charge on any atom is -0.497 e. The van der Waals surface area contributed by atoms with Crippen LogP contribution in [0.1, 0.15) is 13.8 Å². The van der Waals surface area contributed by atoms with Gasteiger partial charge in [0.2, 0.25) is 0 Å². The lowest BCUT2D eigenvalue weighted by Gasteiger charge is -2.11. The van der Waals surface area contributed by atoms with Crippen molar-refractivity contribution in [3.8, 4) is 39.7 Å². The van der Waals surface area contributed by atoms with Crippen LogP contribution in [0.5, 0.6) is 5.75 Å². The summed E-state index contributed by atoms with van der Waals surface area (Å²) in [5.41, 5.74) is 9.85. The van der Waals surface area contributed by atoms with Gasteiger partial charge in [-0.05, 0) is 80.6 Å². The summed E-state index contributed by atoms with van der Waals surface area (Å²) >= 11 is 0. The molecule has 5 heteroatoms. The molecule has 0 aliphatic rings. The van der Waals surface area contributed by atoms with Crippen molar-refractivity contribution in [1.82, 2.24) is 19.1 Å². The smallest absolute Gasteiger partial charge is 0.160 e. The van der Waals surface area contributed by atoms with Gasteiger partial charge in [-0.3, -0.25) is 0 Å². The molecule has 214 valence electrons. The van der Waals surface area contributed by atoms with Gasteiger partial charge in [-0.1, -0.05) is 48.5 Å². The zero-order valence-electron chi connectivity index (χ0n) is 25.1. The normalized spacial score (nSPS) is 11.7. The Morgan fingerprint density at radius 1 is 0.500 bits per heavy atom. The summed E-state index contributed by atoms with van der Waals surface area (Å²) < 4.78 is 10.2. The molecule has 3 heterocycles. The molecule has 3 aromatic heterocycles. The molecule has 0 aliphatic heterocycles. The Morgan fingerprint density at radius 2 is 0.955 bits per heavy atom. The minimum absolute atomic E-state index is 0.687. The van der Waals surface area contributed by atoms with Crippen molar-refractivity contribution < 1.29 is 4.74 Å². The van der Waals surface area contributed by atoms with Crippen LogP contribution < -0.4 is 4.74 Å². The summed E-state index contributed by atoms with van der Waals surface area (Å²) in [7, 11) is 1.68. The maximum absolute atomic E-state index is 5.42. The van der Waals surface area contributed by atoms with Gasteiger partial charge >= 0.3 is 0 Å². The first kappa shape index (κ1) is 26.2. The average molecular weight is 573 g/mol. The minimum atomic E-state index is 0.687. The van der Waals surface area contributed by atoms with Crippen LogP contribution in [0.25, 0.3) is 77.5 Å². The highest BCUT2D eigenvalue weighted by Crippen LogP contribution is 2.36. The molecule has 0 bridgehead atoms. The maximum atomic E-state index is 5.42. The van der Waals surface area contributed by atoms with Crippen LogP contribution >= 0.6 is 0 Å². The molecule has 44 heavy (non-hydrogen) atoms. The summed E-state index contributed by atoms with van der Waals surface area (Å²) in [6.45, 7) is 6.23. The number of nitrogens with zero attached hydrogens (tertiary/aromatic N) is 4. The van der Waals surface area contributed by atoms with Gasteiger partial charge in [0.15, 0.2) is 5.82 Å². The fourth-order valence-corrected chi connectivity index (χ4v) is 6.72. The number of aromatic nitrogens is 4. The summed E-state index contributed by atoms with van der Waals surface area (Å²) in [5.74, 6) is 1.49. The van der Waals surface area contributed by atoms with E-state index in [0.29, 0.717) is 5.82 Å². The number of ether oxygens (including phenoxy) is 1. The van der Waals surface area contributed by atoms with Crippen molar-refractivity contribution in [2.75, 3.05) is 7.11 Å². The van der Waals surface area contributed by atoms with E-state index < -0.39 is 0 Å². The van der Waals surface area contributed by atoms with Crippen molar-refractivity contribution in [2.45, 2.75) is 26.9 Å². The molecule has 0 saturated heterocycles. The number of fused-ring (bicyclic) bond motifs is 6. The molecule has 0 unspecified atom stereocenters. The van der Waals surface area contributed by atoms with Crippen LogP contribution in [0.3, 0.4) is 0 Å². The van der Waals surface area contributed by atoms with E-state index in [1.807, 2.05) is 24.3 Å². The number of benzene rings is 5. The van der Waals surface area contributed by atoms with E-state index in [2.05, 4.69) is 114 Å². The van der Waals surface area contributed by atoms with Crippen LogP contribution in [-0.2, 0) is 13.1 Å². The molecular weight excluding hydrogens is 540 g/mol. The van der Waals surface area contributed by atoms with Gasteiger partial charge in [0.05, 0.1) is 18.5 Å². The predicted octanol–water partition coefficient (Wildman–Crippen LogP) is 9.74. The molecule has 0 fully saturated rings. The molecule has 0 N–H and O–H groups in total. The number of rotatable bonds is 6. The van der Waals surface area contributed by atoms with E-state index >= 15 is 0 Å². The number of methoxy groups -OCH3 is 1. The summed E-state index contributed by atoms with van der Waals surface area (Å²) in [6, 6.07) is 40.8. The fraction of sp³-hybridized carbons (Fsp3) is 0.128. The van der Waals surface area contributed by atoms with Gasteiger partial charge in [-0.25, -0.2) is 9.97 Å². The molecule has 0 atom stereocenters. The molecule has 5 aromatic carbocycles. The Hall–Kier alpha value is -5.42. The summed E-state index contributed by atoms with van der Waals surface area (Å²) in [4.78, 5) is 10.3. The molecule has 0 saturated carbocycles. The van der Waals surface area contributed by atoms with Gasteiger partial charge in [0, 0.05) is 73.4 Å². The summed E-state index contributed by atoms with van der Waals surface area (Å²) in [6.07, 6.45) is 0. The predicted molar refractivity (Wildman–Crippen MR) is 182 cm³/mol. The Bertz CT molecular complexity index is 2200. The van der Waals surface area contributed by atoms with Crippen LogP contribution in [0.15, 0.2) is 115 Å². The monoisotopic (exact) mass is 572 g/mol. The lowest BCUT2D eigenvalue weighted by molar-refractivity contribution is 0.415. The standard InChI is InChI=1S/C39H32N4O/c1-4-42-35-12-8-6-10-29(35)31-22-26(16-20-37(31)42)33-24-34(41-39(40-33)25-14-18-28(44-3)19-15-25)27-17-21-38-32(23-27)30-11-7-9-13-36(30)43(38)5-2/h6-24H,4-5H2,1-3H3. The van der Waals surface area contributed by atoms with Gasteiger partial charge in [0.25, 0.3) is 0 Å². The third-order valence-corrected chi connectivity index (χ3v) is 8.84. The first-order chi connectivity index (χ1) is 21.7. The Morgan fingerprint density at radius 3 is 1.43 bits per heavy atom. The molecule has 8 rings (SSSR count). The van der Waals surface area contributed by atoms with Crippen molar-refractivity contribution in [1.29, 1.82) is 0 Å². The summed E-state index contributed by atoms with van der Waals surface area (Å²) in [5, 5.41) is 4.99. The second-order valence-corrected chi connectivity index (χ2v) is 11.2. The zero-order valence-corrected chi connectivity index (χ0v) is 25.1. The molecule has 5 nitrogen and oxygen atoms in total. The third-order valence-electron chi connectivity index (χ3n) is 8.84. The fourth-order valence-electron chi connectivity index (χ4n) is 6.72. The number of para-hydroxylation sites is 2. The van der Waals surface area contributed by atoms with Crippen molar-refractivity contribution in [3.05, 3.63) is 115 Å². The van der Waals surface area contributed by atoms with E-state index in [1.165, 1.54) is 43.6 Å². The topological polar surface area (TPSA) is 44.9 Å². The Kier molecular flexibility index (Phi) is 6.19. The number of aryl methyl sites for hydroxylation is 2. The molecule has 0 radical (unpaired) electrons. The molecule has 0 aliphatic carbocycles. The first-order valence-corrected chi connectivity index (χ1v) is 15.2. The largest absolute Gasteiger partial charge is 0.497 e. The van der Waals surface area contributed by atoms with E-state index in [4.69, 9.17) is 14.7 Å². The number of hydrogen-bond donors (Lipinski definition) is 0. The van der Waals surface area contributed by atoms with Gasteiger partial charge in [0.1, 0.15) is 5.75 Å². The quantitative estimate of drug-likeness (QED) is 0.199. The van der Waals surface area contributed by atoms with Crippen LogP contribution in [0, 0.1) is 0 Å². The Balaban J connectivity index is 1.35. The van der Waals surface area contributed by atoms with E-state index in [1.54, 1.807) is 7.11 Å². The SMILES string of the molecule is CCn1c2ccccc2c2cc(-c3cc(-c4ccc5c(c4)c4ccccc4n5CC)nc(-c4ccc(OC)cc4)n3)ccc21. The van der Waals surface area contributed by atoms with Crippen LogP contribution in [0.2, 0.25) is 0 Å². The first-order valence-electron chi connectivity index (χ1n) is 15.2. The second kappa shape index (κ2) is 10.4. The van der Waals surface area contributed by atoms with Crippen LogP contribution in [-0.4, -0.2) is 26.2 Å². The maximum Gasteiger partial charge on any atom is 0.160 e. The second-order valence-electron chi connectivity index (χ2n) is 11.2. The van der Waals surface area contributed by atoms with Crippen LogP contribution in [0.4, 0.5) is 0 Å². The van der Waals surface area contributed by atoms with Crippen molar-refractivity contribution in [2.24, 2.45) is 0 Å². The van der Waals surface area contributed by atoms with E-state index in [9.17, 15) is 0 Å². The van der Waals surface area contributed by atoms with Gasteiger partial charge < -0.3 is 13.9 Å². The van der Waals surface area contributed by atoms with Crippen molar-refractivity contribution >= 4 is 43.6 Å². The lowest BCUT2D eigenvalue weighted by Crippen LogP contribution is -1.97. The lowest BCUT2D eigenvalue weighted by atomic mass is 10.0. The highest BCUT2D eigenvalue weighted by atomic mass is 16.5. The average Bonchev–Trinajstić information content (AvgIpc) is 3.59. The number of hydrogen-bond acceptors (Lipinski definition) is 3. The van der Waals surface area contributed by atoms with E-state index in [0.717, 1.165) is 46.9 Å².